The predicted molar refractivity (Wildman–Crippen MR) is 128 cm³/mol. The number of Topliss-reactive ketones (excluding diaryl/α,β-unsaturated/α-hetero) is 1. The molecule has 3 aliphatic rings. The number of carbonyl (C=O) groups is 1. The molecule has 2 aliphatic carbocycles. The number of hydrogen-bond donors (Lipinski definition) is 1. The van der Waals surface area contributed by atoms with Crippen LogP contribution >= 0.6 is 0 Å². The zero-order valence-electron chi connectivity index (χ0n) is 20.2. The average molecular weight is 425 g/mol. The number of ketones is 1. The van der Waals surface area contributed by atoms with Crippen molar-refractivity contribution in [2.45, 2.75) is 85.3 Å². The summed E-state index contributed by atoms with van der Waals surface area (Å²) < 4.78 is 0. The Hall–Kier alpha value is -1.78. The fourth-order valence-electron chi connectivity index (χ4n) is 5.27. The smallest absolute Gasteiger partial charge is 0.126 e. The van der Waals surface area contributed by atoms with Gasteiger partial charge in [0.05, 0.1) is 11.1 Å². The number of aromatic nitrogens is 1. The Bertz CT molecular complexity index is 917. The fraction of sp³-hybridized carbons (Fsp3) is 0.630. The number of aliphatic hydroxyl groups is 1. The van der Waals surface area contributed by atoms with Gasteiger partial charge in [0, 0.05) is 30.1 Å². The van der Waals surface area contributed by atoms with E-state index in [0.717, 1.165) is 37.2 Å². The van der Waals surface area contributed by atoms with Gasteiger partial charge in [-0.1, -0.05) is 32.0 Å². The van der Waals surface area contributed by atoms with E-state index < -0.39 is 5.60 Å². The van der Waals surface area contributed by atoms with E-state index in [1.165, 1.54) is 55.4 Å². The summed E-state index contributed by atoms with van der Waals surface area (Å²) in [6.07, 6.45) is 5.55. The number of hydrogen-bond acceptors (Lipinski definition) is 4. The van der Waals surface area contributed by atoms with Crippen LogP contribution in [-0.4, -0.2) is 45.5 Å². The Labute approximate surface area is 188 Å². The third-order valence-corrected chi connectivity index (χ3v) is 7.20. The molecular weight excluding hydrogens is 384 g/mol. The second kappa shape index (κ2) is 9.79. The highest BCUT2D eigenvalue weighted by atomic mass is 16.3. The molecule has 0 amide bonds. The van der Waals surface area contributed by atoms with E-state index in [9.17, 15) is 9.90 Å². The first-order chi connectivity index (χ1) is 14.8. The normalized spacial score (nSPS) is 27.2. The van der Waals surface area contributed by atoms with Crippen molar-refractivity contribution >= 4 is 16.7 Å². The Kier molecular flexibility index (Phi) is 7.54. The maximum absolute atomic E-state index is 11.7. The SMILES string of the molecule is CC.CC(C)=O.Cc1c2c(nc3ccccc13)CC1CCN(CC3CC3)C(C)C1(O)C2. The minimum atomic E-state index is -0.602. The van der Waals surface area contributed by atoms with Crippen LogP contribution in [0.4, 0.5) is 0 Å². The minimum absolute atomic E-state index is 0.167. The second-order valence-corrected chi connectivity index (χ2v) is 9.56. The van der Waals surface area contributed by atoms with Crippen molar-refractivity contribution in [3.8, 4) is 0 Å². The summed E-state index contributed by atoms with van der Waals surface area (Å²) in [5.74, 6) is 1.39. The van der Waals surface area contributed by atoms with Crippen LogP contribution < -0.4 is 0 Å². The number of pyridine rings is 1. The van der Waals surface area contributed by atoms with E-state index in [0.29, 0.717) is 5.92 Å². The third-order valence-electron chi connectivity index (χ3n) is 7.20. The van der Waals surface area contributed by atoms with Crippen molar-refractivity contribution in [1.29, 1.82) is 0 Å². The van der Waals surface area contributed by atoms with Crippen molar-refractivity contribution in [2.75, 3.05) is 13.1 Å². The van der Waals surface area contributed by atoms with Gasteiger partial charge in [0.2, 0.25) is 0 Å². The molecule has 0 bridgehead atoms. The molecule has 2 heterocycles. The van der Waals surface area contributed by atoms with Gasteiger partial charge >= 0.3 is 0 Å². The Morgan fingerprint density at radius 2 is 1.84 bits per heavy atom. The van der Waals surface area contributed by atoms with Gasteiger partial charge in [-0.15, -0.1) is 0 Å². The lowest BCUT2D eigenvalue weighted by Gasteiger charge is -2.53. The largest absolute Gasteiger partial charge is 0.388 e. The van der Waals surface area contributed by atoms with Crippen LogP contribution in [0.15, 0.2) is 24.3 Å². The monoisotopic (exact) mass is 424 g/mol. The Morgan fingerprint density at radius 3 is 2.48 bits per heavy atom. The maximum Gasteiger partial charge on any atom is 0.126 e. The molecule has 31 heavy (non-hydrogen) atoms. The molecule has 4 nitrogen and oxygen atoms in total. The van der Waals surface area contributed by atoms with E-state index in [1.807, 2.05) is 13.8 Å². The summed E-state index contributed by atoms with van der Waals surface area (Å²) in [7, 11) is 0. The standard InChI is InChI=1S/C22H28N2O.C3H6O.C2H6/c1-14-18-5-3-4-6-20(18)23-21-11-17-9-10-24(13-16-7-8-16)15(2)22(17,25)12-19(14)21;1-3(2)4;1-2/h3-6,15-17,25H,7-13H2,1-2H3;1-2H3;1-2H3. The van der Waals surface area contributed by atoms with E-state index in [-0.39, 0.29) is 11.8 Å². The van der Waals surface area contributed by atoms with Gasteiger partial charge in [0.25, 0.3) is 0 Å². The van der Waals surface area contributed by atoms with Crippen LogP contribution in [0.2, 0.25) is 0 Å². The summed E-state index contributed by atoms with van der Waals surface area (Å²) in [6, 6.07) is 8.68. The van der Waals surface area contributed by atoms with E-state index >= 15 is 0 Å². The average Bonchev–Trinajstić information content (AvgIpc) is 3.56. The summed E-state index contributed by atoms with van der Waals surface area (Å²) in [5, 5.41) is 13.0. The fourth-order valence-corrected chi connectivity index (χ4v) is 5.27. The van der Waals surface area contributed by atoms with Gasteiger partial charge in [-0.2, -0.15) is 0 Å². The predicted octanol–water partition coefficient (Wildman–Crippen LogP) is 5.11. The van der Waals surface area contributed by atoms with Crippen molar-refractivity contribution in [2.24, 2.45) is 11.8 Å². The van der Waals surface area contributed by atoms with Crippen LogP contribution in [0, 0.1) is 18.8 Å². The Morgan fingerprint density at radius 1 is 1.19 bits per heavy atom. The van der Waals surface area contributed by atoms with E-state index in [2.05, 4.69) is 43.0 Å². The molecular formula is C27H40N2O2. The van der Waals surface area contributed by atoms with Crippen molar-refractivity contribution in [3.05, 3.63) is 41.1 Å². The lowest BCUT2D eigenvalue weighted by Crippen LogP contribution is -2.63. The van der Waals surface area contributed by atoms with Gasteiger partial charge in [-0.25, -0.2) is 0 Å². The van der Waals surface area contributed by atoms with Gasteiger partial charge in [-0.3, -0.25) is 9.88 Å². The van der Waals surface area contributed by atoms with Crippen molar-refractivity contribution in [1.82, 2.24) is 9.88 Å². The maximum atomic E-state index is 11.7. The number of aryl methyl sites for hydroxylation is 1. The summed E-state index contributed by atoms with van der Waals surface area (Å²) >= 11 is 0. The number of likely N-dealkylation sites (tertiary alicyclic amines) is 1. The molecule has 5 rings (SSSR count). The van der Waals surface area contributed by atoms with Crippen LogP contribution in [0.5, 0.6) is 0 Å². The molecule has 4 heteroatoms. The molecule has 0 spiro atoms. The van der Waals surface area contributed by atoms with Gasteiger partial charge in [0.15, 0.2) is 0 Å². The molecule has 1 aromatic heterocycles. The van der Waals surface area contributed by atoms with E-state index in [4.69, 9.17) is 4.98 Å². The second-order valence-electron chi connectivity index (χ2n) is 9.56. The topological polar surface area (TPSA) is 53.4 Å². The summed E-state index contributed by atoms with van der Waals surface area (Å²) in [6.45, 7) is 13.8. The zero-order valence-corrected chi connectivity index (χ0v) is 20.2. The highest BCUT2D eigenvalue weighted by molar-refractivity contribution is 5.83. The van der Waals surface area contributed by atoms with Crippen LogP contribution in [0.1, 0.15) is 70.7 Å². The van der Waals surface area contributed by atoms with Gasteiger partial charge in [0.1, 0.15) is 5.78 Å². The molecule has 2 aromatic rings. The number of carbonyl (C=O) groups excluding carboxylic acids is 1. The number of nitrogens with zero attached hydrogens (tertiary/aromatic N) is 2. The highest BCUT2D eigenvalue weighted by Crippen LogP contribution is 2.44. The number of para-hydroxylation sites is 1. The first-order valence-corrected chi connectivity index (χ1v) is 12.1. The molecule has 1 aromatic carbocycles. The highest BCUT2D eigenvalue weighted by Gasteiger charge is 2.51. The summed E-state index contributed by atoms with van der Waals surface area (Å²) in [4.78, 5) is 17.0. The first kappa shape index (κ1) is 23.9. The zero-order chi connectivity index (χ0) is 22.8. The minimum Gasteiger partial charge on any atom is -0.388 e. The molecule has 0 radical (unpaired) electrons. The number of fused-ring (bicyclic) bond motifs is 3. The number of rotatable bonds is 2. The van der Waals surface area contributed by atoms with Gasteiger partial charge in [-0.05, 0) is 89.0 Å². The molecule has 1 N–H and O–H groups in total. The molecule has 1 aliphatic heterocycles. The first-order valence-electron chi connectivity index (χ1n) is 12.1. The number of piperidine rings is 1. The summed E-state index contributed by atoms with van der Waals surface area (Å²) in [5.41, 5.74) is 4.35. The molecule has 1 saturated carbocycles. The number of benzene rings is 1. The van der Waals surface area contributed by atoms with Crippen LogP contribution in [-0.2, 0) is 17.6 Å². The third kappa shape index (κ3) is 5.01. The molecule has 3 atom stereocenters. The van der Waals surface area contributed by atoms with Crippen LogP contribution in [0.3, 0.4) is 0 Å². The lowest BCUT2D eigenvalue weighted by atomic mass is 9.66. The molecule has 170 valence electrons. The Balaban J connectivity index is 0.000000411. The van der Waals surface area contributed by atoms with E-state index in [1.54, 1.807) is 0 Å². The van der Waals surface area contributed by atoms with Crippen LogP contribution in [0.25, 0.3) is 10.9 Å². The quantitative estimate of drug-likeness (QED) is 0.727. The van der Waals surface area contributed by atoms with Crippen molar-refractivity contribution in [3.63, 3.8) is 0 Å². The van der Waals surface area contributed by atoms with Crippen molar-refractivity contribution < 1.29 is 9.90 Å². The lowest BCUT2D eigenvalue weighted by molar-refractivity contribution is -0.121. The molecule has 3 unspecified atom stereocenters. The molecule has 2 fully saturated rings. The molecule has 1 saturated heterocycles. The van der Waals surface area contributed by atoms with Gasteiger partial charge < -0.3 is 9.90 Å².